The Kier molecular flexibility index (Phi) is 6.06. The molecule has 0 aliphatic rings. The Balaban J connectivity index is 1.84. The minimum atomic E-state index is -0.787. The molecule has 1 N–H and O–H groups in total. The van der Waals surface area contributed by atoms with Gasteiger partial charge in [0.25, 0.3) is 0 Å². The van der Waals surface area contributed by atoms with Crippen LogP contribution < -0.4 is 15.7 Å². The molecule has 1 heterocycles. The standard InChI is InChI=1S/C20H19ClN4O3/c1-3-18(19(26)23-15-5-4-6-16(11-15)28-2)25-20(27)24-17(12-22-25)13-7-9-14(21)10-8-13/h4-12,18H,3H2,1-2H3,(H,23,26)/t18-/m0/s1. The lowest BCUT2D eigenvalue weighted by Gasteiger charge is -2.16. The molecular formula is C20H19ClN4O3. The van der Waals surface area contributed by atoms with Gasteiger partial charge >= 0.3 is 5.69 Å². The van der Waals surface area contributed by atoms with Gasteiger partial charge in [-0.3, -0.25) is 4.79 Å². The molecule has 1 atom stereocenters. The number of hydrogen-bond acceptors (Lipinski definition) is 5. The van der Waals surface area contributed by atoms with E-state index in [9.17, 15) is 9.59 Å². The molecule has 3 rings (SSSR count). The lowest BCUT2D eigenvalue weighted by molar-refractivity contribution is -0.119. The van der Waals surface area contributed by atoms with Crippen molar-refractivity contribution in [1.82, 2.24) is 14.8 Å². The van der Waals surface area contributed by atoms with Crippen LogP contribution in [-0.4, -0.2) is 27.8 Å². The van der Waals surface area contributed by atoms with Gasteiger partial charge in [-0.25, -0.2) is 9.48 Å². The zero-order chi connectivity index (χ0) is 20.1. The van der Waals surface area contributed by atoms with Crippen molar-refractivity contribution < 1.29 is 9.53 Å². The average Bonchev–Trinajstić information content (AvgIpc) is 2.70. The van der Waals surface area contributed by atoms with Crippen LogP contribution in [0.5, 0.6) is 5.75 Å². The van der Waals surface area contributed by atoms with Crippen molar-refractivity contribution in [2.45, 2.75) is 19.4 Å². The van der Waals surface area contributed by atoms with Crippen molar-refractivity contribution in [3.05, 3.63) is 70.2 Å². The molecule has 0 bridgehead atoms. The van der Waals surface area contributed by atoms with Gasteiger partial charge in [0.05, 0.1) is 19.0 Å². The second kappa shape index (κ2) is 8.67. The quantitative estimate of drug-likeness (QED) is 0.686. The predicted octanol–water partition coefficient (Wildman–Crippen LogP) is 3.56. The fraction of sp³-hybridized carbons (Fsp3) is 0.200. The summed E-state index contributed by atoms with van der Waals surface area (Å²) in [5.74, 6) is 0.265. The zero-order valence-corrected chi connectivity index (χ0v) is 16.2. The van der Waals surface area contributed by atoms with Crippen LogP contribution in [0.1, 0.15) is 19.4 Å². The van der Waals surface area contributed by atoms with E-state index in [1.54, 1.807) is 62.6 Å². The maximum absolute atomic E-state index is 12.7. The number of nitrogens with one attached hydrogen (secondary N) is 1. The van der Waals surface area contributed by atoms with E-state index >= 15 is 0 Å². The molecule has 0 unspecified atom stereocenters. The van der Waals surface area contributed by atoms with Gasteiger partial charge in [0.1, 0.15) is 11.8 Å². The highest BCUT2D eigenvalue weighted by atomic mass is 35.5. The van der Waals surface area contributed by atoms with E-state index in [0.29, 0.717) is 28.6 Å². The van der Waals surface area contributed by atoms with Crippen molar-refractivity contribution >= 4 is 23.2 Å². The van der Waals surface area contributed by atoms with Crippen molar-refractivity contribution in [2.75, 3.05) is 12.4 Å². The smallest absolute Gasteiger partial charge is 0.365 e. The van der Waals surface area contributed by atoms with Crippen molar-refractivity contribution in [1.29, 1.82) is 0 Å². The van der Waals surface area contributed by atoms with Gasteiger partial charge in [0.15, 0.2) is 0 Å². The Hall–Kier alpha value is -3.19. The highest BCUT2D eigenvalue weighted by molar-refractivity contribution is 6.30. The first-order valence-corrected chi connectivity index (χ1v) is 9.06. The first kappa shape index (κ1) is 19.6. The number of halogens is 1. The van der Waals surface area contributed by atoms with Crippen LogP contribution in [0.25, 0.3) is 11.3 Å². The van der Waals surface area contributed by atoms with Gasteiger partial charge in [-0.05, 0) is 30.7 Å². The third-order valence-corrected chi connectivity index (χ3v) is 4.43. The van der Waals surface area contributed by atoms with E-state index in [2.05, 4.69) is 15.4 Å². The lowest BCUT2D eigenvalue weighted by Crippen LogP contribution is -2.36. The topological polar surface area (TPSA) is 86.1 Å². The van der Waals surface area contributed by atoms with E-state index in [-0.39, 0.29) is 5.91 Å². The number of hydrogen-bond donors (Lipinski definition) is 1. The number of anilines is 1. The summed E-state index contributed by atoms with van der Waals surface area (Å²) in [5, 5.41) is 7.54. The monoisotopic (exact) mass is 398 g/mol. The molecule has 0 spiro atoms. The summed E-state index contributed by atoms with van der Waals surface area (Å²) in [4.78, 5) is 29.3. The Labute approximate surface area is 166 Å². The van der Waals surface area contributed by atoms with Gasteiger partial charge in [0.2, 0.25) is 5.91 Å². The lowest BCUT2D eigenvalue weighted by atomic mass is 10.2. The predicted molar refractivity (Wildman–Crippen MR) is 108 cm³/mol. The Bertz CT molecular complexity index is 1030. The molecule has 0 aliphatic heterocycles. The highest BCUT2D eigenvalue weighted by Gasteiger charge is 2.22. The second-order valence-electron chi connectivity index (χ2n) is 6.02. The summed E-state index contributed by atoms with van der Waals surface area (Å²) in [6, 6.07) is 13.1. The van der Waals surface area contributed by atoms with Crippen LogP contribution in [0.15, 0.2) is 59.5 Å². The molecule has 0 radical (unpaired) electrons. The SMILES string of the molecule is CC[C@@H](C(=O)Nc1cccc(OC)c1)n1ncc(-c2ccc(Cl)cc2)nc1=O. The summed E-state index contributed by atoms with van der Waals surface area (Å²) < 4.78 is 6.24. The molecule has 0 aliphatic carbocycles. The van der Waals surface area contributed by atoms with Gasteiger partial charge in [0, 0.05) is 22.3 Å². The molecule has 0 fully saturated rings. The van der Waals surface area contributed by atoms with Crippen LogP contribution >= 0.6 is 11.6 Å². The van der Waals surface area contributed by atoms with Crippen LogP contribution in [0, 0.1) is 0 Å². The molecule has 1 amide bonds. The number of carbonyl (C=O) groups excluding carboxylic acids is 1. The number of aromatic nitrogens is 3. The average molecular weight is 399 g/mol. The molecule has 28 heavy (non-hydrogen) atoms. The van der Waals surface area contributed by atoms with Crippen molar-refractivity contribution in [3.8, 4) is 17.0 Å². The maximum Gasteiger partial charge on any atom is 0.365 e. The number of carbonyl (C=O) groups is 1. The molecule has 1 aromatic heterocycles. The van der Waals surface area contributed by atoms with Crippen molar-refractivity contribution in [2.24, 2.45) is 0 Å². The summed E-state index contributed by atoms with van der Waals surface area (Å²) in [5.41, 5.74) is 1.11. The molecular weight excluding hydrogens is 380 g/mol. The maximum atomic E-state index is 12.7. The number of rotatable bonds is 6. The Morgan fingerprint density at radius 3 is 2.64 bits per heavy atom. The number of nitrogens with zero attached hydrogens (tertiary/aromatic N) is 3. The largest absolute Gasteiger partial charge is 0.497 e. The van der Waals surface area contributed by atoms with Crippen LogP contribution in [0.3, 0.4) is 0 Å². The third kappa shape index (κ3) is 4.37. The molecule has 2 aromatic carbocycles. The minimum absolute atomic E-state index is 0.355. The van der Waals surface area contributed by atoms with Gasteiger partial charge < -0.3 is 10.1 Å². The van der Waals surface area contributed by atoms with Crippen LogP contribution in [-0.2, 0) is 4.79 Å². The molecule has 7 nitrogen and oxygen atoms in total. The molecule has 144 valence electrons. The fourth-order valence-corrected chi connectivity index (χ4v) is 2.84. The number of ether oxygens (including phenoxy) is 1. The fourth-order valence-electron chi connectivity index (χ4n) is 2.72. The van der Waals surface area contributed by atoms with Gasteiger partial charge in [-0.2, -0.15) is 10.1 Å². The molecule has 8 heteroatoms. The van der Waals surface area contributed by atoms with E-state index in [1.165, 1.54) is 6.20 Å². The first-order chi connectivity index (χ1) is 13.5. The Morgan fingerprint density at radius 1 is 1.25 bits per heavy atom. The summed E-state index contributed by atoms with van der Waals surface area (Å²) in [6.07, 6.45) is 1.84. The molecule has 0 saturated heterocycles. The van der Waals surface area contributed by atoms with Crippen molar-refractivity contribution in [3.63, 3.8) is 0 Å². The van der Waals surface area contributed by atoms with E-state index in [4.69, 9.17) is 16.3 Å². The summed E-state index contributed by atoms with van der Waals surface area (Å²) in [7, 11) is 1.55. The highest BCUT2D eigenvalue weighted by Crippen LogP contribution is 2.20. The zero-order valence-electron chi connectivity index (χ0n) is 15.4. The number of benzene rings is 2. The van der Waals surface area contributed by atoms with Gasteiger partial charge in [-0.1, -0.05) is 36.7 Å². The first-order valence-electron chi connectivity index (χ1n) is 8.68. The summed E-state index contributed by atoms with van der Waals surface area (Å²) >= 11 is 5.88. The van der Waals surface area contributed by atoms with Crippen LogP contribution in [0.2, 0.25) is 5.02 Å². The molecule has 3 aromatic rings. The summed E-state index contributed by atoms with van der Waals surface area (Å²) in [6.45, 7) is 1.80. The van der Waals surface area contributed by atoms with Crippen LogP contribution in [0.4, 0.5) is 5.69 Å². The number of amides is 1. The van der Waals surface area contributed by atoms with E-state index in [0.717, 1.165) is 10.2 Å². The molecule has 0 saturated carbocycles. The second-order valence-corrected chi connectivity index (χ2v) is 6.46. The van der Waals surface area contributed by atoms with E-state index in [1.807, 2.05) is 0 Å². The third-order valence-electron chi connectivity index (χ3n) is 4.18. The normalized spacial score (nSPS) is 11.7. The van der Waals surface area contributed by atoms with E-state index < -0.39 is 11.7 Å². The number of methoxy groups -OCH3 is 1. The minimum Gasteiger partial charge on any atom is -0.497 e. The Morgan fingerprint density at radius 2 is 2.00 bits per heavy atom. The van der Waals surface area contributed by atoms with Gasteiger partial charge in [-0.15, -0.1) is 0 Å².